The number of carbonyl (C=O) groups excluding carboxylic acids is 1. The van der Waals surface area contributed by atoms with Gasteiger partial charge in [0.1, 0.15) is 12.2 Å². The molecule has 1 fully saturated rings. The average molecular weight is 391 g/mol. The van der Waals surface area contributed by atoms with Crippen LogP contribution >= 0.6 is 15.9 Å². The molecule has 0 bridgehead atoms. The molecule has 0 radical (unpaired) electrons. The summed E-state index contributed by atoms with van der Waals surface area (Å²) in [6, 6.07) is 5.37. The maximum Gasteiger partial charge on any atom is 0.287 e. The van der Waals surface area contributed by atoms with Crippen LogP contribution in [-0.4, -0.2) is 28.0 Å². The van der Waals surface area contributed by atoms with Crippen LogP contribution in [-0.2, 0) is 0 Å². The number of rotatable bonds is 4. The highest BCUT2D eigenvalue weighted by Gasteiger charge is 2.25. The number of nitriles is 1. The van der Waals surface area contributed by atoms with Crippen molar-refractivity contribution in [1.29, 1.82) is 5.26 Å². The molecule has 3 rings (SSSR count). The zero-order valence-electron chi connectivity index (χ0n) is 12.7. The average Bonchev–Trinajstić information content (AvgIpc) is 3.04. The minimum atomic E-state index is -0.217. The van der Waals surface area contributed by atoms with E-state index >= 15 is 0 Å². The topological polar surface area (TPSA) is 101 Å². The summed E-state index contributed by atoms with van der Waals surface area (Å²) in [5, 5.41) is 12.0. The fourth-order valence-electron chi connectivity index (χ4n) is 2.66. The Hall–Kier alpha value is -2.40. The highest BCUT2D eigenvalue weighted by atomic mass is 79.9. The van der Waals surface area contributed by atoms with Crippen LogP contribution in [0.2, 0.25) is 0 Å². The van der Waals surface area contributed by atoms with Gasteiger partial charge >= 0.3 is 0 Å². The molecule has 0 unspecified atom stereocenters. The summed E-state index contributed by atoms with van der Waals surface area (Å²) in [5.41, 5.74) is 0.191. The first-order valence-corrected chi connectivity index (χ1v) is 8.39. The van der Waals surface area contributed by atoms with Gasteiger partial charge in [-0.15, -0.1) is 0 Å². The van der Waals surface area contributed by atoms with Crippen LogP contribution in [0.15, 0.2) is 33.6 Å². The summed E-state index contributed by atoms with van der Waals surface area (Å²) in [6.45, 7) is 0. The lowest BCUT2D eigenvalue weighted by Gasteiger charge is -2.29. The molecule has 24 heavy (non-hydrogen) atoms. The van der Waals surface area contributed by atoms with Crippen molar-refractivity contribution in [2.24, 2.45) is 0 Å². The van der Waals surface area contributed by atoms with E-state index in [9.17, 15) is 4.79 Å². The molecular formula is C16H15BrN4O3. The van der Waals surface area contributed by atoms with Gasteiger partial charge in [-0.2, -0.15) is 5.26 Å². The van der Waals surface area contributed by atoms with Crippen molar-refractivity contribution in [2.45, 2.75) is 37.8 Å². The van der Waals surface area contributed by atoms with Gasteiger partial charge < -0.3 is 14.5 Å². The summed E-state index contributed by atoms with van der Waals surface area (Å²) in [4.78, 5) is 20.1. The number of ether oxygens (including phenoxy) is 1. The standard InChI is InChI=1S/C16H15BrN4O3/c17-14-6-5-13(24-14)15(22)21-10-1-3-11(4-2-10)23-16-12(9-18)19-7-8-20-16/h5-8,10-11H,1-4H2,(H,21,22). The van der Waals surface area contributed by atoms with E-state index in [4.69, 9.17) is 14.4 Å². The van der Waals surface area contributed by atoms with Crippen LogP contribution < -0.4 is 10.1 Å². The van der Waals surface area contributed by atoms with Gasteiger partial charge in [0.2, 0.25) is 5.69 Å². The molecule has 7 nitrogen and oxygen atoms in total. The predicted octanol–water partition coefficient (Wildman–Crippen LogP) is 2.82. The minimum Gasteiger partial charge on any atom is -0.472 e. The fraction of sp³-hybridized carbons (Fsp3) is 0.375. The molecule has 2 heterocycles. The van der Waals surface area contributed by atoms with Crippen molar-refractivity contribution in [3.8, 4) is 11.9 Å². The second-order valence-electron chi connectivity index (χ2n) is 5.49. The van der Waals surface area contributed by atoms with E-state index in [1.807, 2.05) is 6.07 Å². The number of nitrogens with one attached hydrogen (secondary N) is 1. The van der Waals surface area contributed by atoms with E-state index in [0.29, 0.717) is 10.4 Å². The van der Waals surface area contributed by atoms with Gasteiger partial charge in [-0.25, -0.2) is 9.97 Å². The molecule has 1 N–H and O–H groups in total. The molecule has 0 aliphatic heterocycles. The van der Waals surface area contributed by atoms with Crippen LogP contribution in [0.5, 0.6) is 5.88 Å². The first-order valence-electron chi connectivity index (χ1n) is 7.59. The largest absolute Gasteiger partial charge is 0.472 e. The van der Waals surface area contributed by atoms with Crippen LogP contribution in [0.4, 0.5) is 0 Å². The fourth-order valence-corrected chi connectivity index (χ4v) is 2.97. The SMILES string of the molecule is N#Cc1nccnc1OC1CCC(NC(=O)c2ccc(Br)o2)CC1. The molecule has 1 amide bonds. The van der Waals surface area contributed by atoms with Gasteiger partial charge in [0.05, 0.1) is 0 Å². The third-order valence-corrected chi connectivity index (χ3v) is 4.28. The maximum absolute atomic E-state index is 12.1. The first kappa shape index (κ1) is 16.5. The number of amides is 1. The number of hydrogen-bond donors (Lipinski definition) is 1. The summed E-state index contributed by atoms with van der Waals surface area (Å²) in [5.74, 6) is 0.345. The van der Waals surface area contributed by atoms with Crippen LogP contribution in [0.1, 0.15) is 41.9 Å². The lowest BCUT2D eigenvalue weighted by atomic mass is 9.93. The van der Waals surface area contributed by atoms with E-state index < -0.39 is 0 Å². The molecule has 0 spiro atoms. The van der Waals surface area contributed by atoms with Gasteiger partial charge in [-0.05, 0) is 53.7 Å². The lowest BCUT2D eigenvalue weighted by Crippen LogP contribution is -2.39. The Morgan fingerprint density at radius 1 is 1.29 bits per heavy atom. The van der Waals surface area contributed by atoms with Crippen molar-refractivity contribution in [1.82, 2.24) is 15.3 Å². The number of carbonyl (C=O) groups is 1. The number of furan rings is 1. The Bertz CT molecular complexity index is 763. The quantitative estimate of drug-likeness (QED) is 0.860. The van der Waals surface area contributed by atoms with Crippen molar-refractivity contribution in [3.63, 3.8) is 0 Å². The second kappa shape index (κ2) is 7.45. The van der Waals surface area contributed by atoms with Crippen molar-refractivity contribution in [3.05, 3.63) is 40.7 Å². The van der Waals surface area contributed by atoms with Gasteiger partial charge in [0.25, 0.3) is 11.8 Å². The third kappa shape index (κ3) is 3.92. The van der Waals surface area contributed by atoms with Gasteiger partial charge in [0.15, 0.2) is 10.4 Å². The lowest BCUT2D eigenvalue weighted by molar-refractivity contribution is 0.0862. The molecule has 0 aromatic carbocycles. The number of aromatic nitrogens is 2. The van der Waals surface area contributed by atoms with Crippen molar-refractivity contribution in [2.75, 3.05) is 0 Å². The Labute approximate surface area is 147 Å². The summed E-state index contributed by atoms with van der Waals surface area (Å²) in [7, 11) is 0. The molecule has 1 aliphatic carbocycles. The molecule has 0 atom stereocenters. The molecule has 1 saturated carbocycles. The Kier molecular flexibility index (Phi) is 5.11. The summed E-state index contributed by atoms with van der Waals surface area (Å²) < 4.78 is 11.6. The van der Waals surface area contributed by atoms with Crippen molar-refractivity contribution < 1.29 is 13.9 Å². The zero-order chi connectivity index (χ0) is 16.9. The minimum absolute atomic E-state index is 0.0280. The Morgan fingerprint density at radius 3 is 2.71 bits per heavy atom. The summed E-state index contributed by atoms with van der Waals surface area (Å²) >= 11 is 3.18. The van der Waals surface area contributed by atoms with E-state index in [1.165, 1.54) is 12.4 Å². The molecule has 1 aliphatic rings. The van der Waals surface area contributed by atoms with Crippen molar-refractivity contribution >= 4 is 21.8 Å². The van der Waals surface area contributed by atoms with E-state index in [2.05, 4.69) is 31.2 Å². The molecule has 124 valence electrons. The van der Waals surface area contributed by atoms with Crippen LogP contribution in [0.25, 0.3) is 0 Å². The number of halogens is 1. The zero-order valence-corrected chi connectivity index (χ0v) is 14.3. The van der Waals surface area contributed by atoms with Gasteiger partial charge in [-0.1, -0.05) is 0 Å². The normalized spacial score (nSPS) is 20.2. The smallest absolute Gasteiger partial charge is 0.287 e. The van der Waals surface area contributed by atoms with Gasteiger partial charge in [-0.3, -0.25) is 4.79 Å². The predicted molar refractivity (Wildman–Crippen MR) is 87.3 cm³/mol. The maximum atomic E-state index is 12.1. The summed E-state index contributed by atoms with van der Waals surface area (Å²) in [6.07, 6.45) is 6.07. The molecular weight excluding hydrogens is 376 g/mol. The monoisotopic (exact) mass is 390 g/mol. The third-order valence-electron chi connectivity index (χ3n) is 3.86. The second-order valence-corrected chi connectivity index (χ2v) is 6.27. The van der Waals surface area contributed by atoms with Crippen LogP contribution in [0, 0.1) is 11.3 Å². The molecule has 2 aromatic heterocycles. The molecule has 8 heteroatoms. The molecule has 0 saturated heterocycles. The number of hydrogen-bond acceptors (Lipinski definition) is 6. The highest BCUT2D eigenvalue weighted by molar-refractivity contribution is 9.10. The van der Waals surface area contributed by atoms with E-state index in [0.717, 1.165) is 25.7 Å². The number of nitrogens with zero attached hydrogens (tertiary/aromatic N) is 3. The van der Waals surface area contributed by atoms with Gasteiger partial charge in [0, 0.05) is 18.4 Å². The van der Waals surface area contributed by atoms with E-state index in [1.54, 1.807) is 12.1 Å². The molecule has 2 aromatic rings. The first-order chi connectivity index (χ1) is 11.7. The highest BCUT2D eigenvalue weighted by Crippen LogP contribution is 2.24. The Balaban J connectivity index is 1.51. The Morgan fingerprint density at radius 2 is 2.04 bits per heavy atom. The van der Waals surface area contributed by atoms with Crippen LogP contribution in [0.3, 0.4) is 0 Å². The van der Waals surface area contributed by atoms with E-state index in [-0.39, 0.29) is 29.6 Å².